The van der Waals surface area contributed by atoms with Gasteiger partial charge in [0, 0.05) is 6.54 Å². The molecule has 0 amide bonds. The highest BCUT2D eigenvalue weighted by atomic mass is 19.4. The average molecular weight is 263 g/mol. The maximum Gasteiger partial charge on any atom is 0.422 e. The lowest BCUT2D eigenvalue weighted by Crippen LogP contribution is -2.21. The first-order chi connectivity index (χ1) is 8.37. The van der Waals surface area contributed by atoms with E-state index in [-0.39, 0.29) is 5.88 Å². The highest BCUT2D eigenvalue weighted by Crippen LogP contribution is 2.16. The Kier molecular flexibility index (Phi) is 5.33. The standard InChI is InChI=1S/C11H16F3N3O/c1-8(2)3-15-4-9-5-17-10(6-16-9)18-7-11(12,13)14/h5-6,8,15H,3-4,7H2,1-2H3. The molecule has 1 aromatic rings. The van der Waals surface area contributed by atoms with Crippen molar-refractivity contribution in [3.8, 4) is 5.88 Å². The lowest BCUT2D eigenvalue weighted by Gasteiger charge is -2.09. The molecule has 0 aromatic carbocycles. The van der Waals surface area contributed by atoms with E-state index < -0.39 is 12.8 Å². The largest absolute Gasteiger partial charge is 0.467 e. The Bertz CT molecular complexity index is 352. The van der Waals surface area contributed by atoms with Gasteiger partial charge in [0.1, 0.15) is 0 Å². The second kappa shape index (κ2) is 6.53. The number of rotatable bonds is 6. The van der Waals surface area contributed by atoms with E-state index >= 15 is 0 Å². The molecular formula is C11H16F3N3O. The zero-order chi connectivity index (χ0) is 13.6. The Morgan fingerprint density at radius 2 is 2.00 bits per heavy atom. The lowest BCUT2D eigenvalue weighted by atomic mass is 10.2. The summed E-state index contributed by atoms with van der Waals surface area (Å²) in [6, 6.07) is 0. The van der Waals surface area contributed by atoms with Crippen LogP contribution in [0.1, 0.15) is 19.5 Å². The van der Waals surface area contributed by atoms with E-state index in [1.165, 1.54) is 12.4 Å². The number of nitrogens with one attached hydrogen (secondary N) is 1. The predicted octanol–water partition coefficient (Wildman–Crippen LogP) is 2.16. The second-order valence-corrected chi connectivity index (χ2v) is 4.27. The molecule has 4 nitrogen and oxygen atoms in total. The van der Waals surface area contributed by atoms with Crippen LogP contribution in [0.5, 0.6) is 5.88 Å². The Hall–Kier alpha value is -1.37. The van der Waals surface area contributed by atoms with E-state index in [9.17, 15) is 13.2 Å². The molecule has 18 heavy (non-hydrogen) atoms. The maximum atomic E-state index is 11.9. The third-order valence-corrected chi connectivity index (χ3v) is 1.92. The van der Waals surface area contributed by atoms with Gasteiger partial charge in [-0.25, -0.2) is 4.98 Å². The van der Waals surface area contributed by atoms with E-state index in [0.29, 0.717) is 18.2 Å². The third kappa shape index (κ3) is 6.39. The van der Waals surface area contributed by atoms with Gasteiger partial charge < -0.3 is 10.1 Å². The lowest BCUT2D eigenvalue weighted by molar-refractivity contribution is -0.154. The molecule has 0 aliphatic heterocycles. The van der Waals surface area contributed by atoms with Crippen LogP contribution >= 0.6 is 0 Å². The first-order valence-corrected chi connectivity index (χ1v) is 5.58. The van der Waals surface area contributed by atoms with Gasteiger partial charge in [0.25, 0.3) is 0 Å². The van der Waals surface area contributed by atoms with Gasteiger partial charge in [-0.3, -0.25) is 4.98 Å². The highest BCUT2D eigenvalue weighted by molar-refractivity contribution is 5.07. The third-order valence-electron chi connectivity index (χ3n) is 1.92. The van der Waals surface area contributed by atoms with E-state index in [4.69, 9.17) is 0 Å². The minimum atomic E-state index is -4.36. The summed E-state index contributed by atoms with van der Waals surface area (Å²) in [4.78, 5) is 7.71. The number of aromatic nitrogens is 2. The normalized spacial score (nSPS) is 11.9. The van der Waals surface area contributed by atoms with Crippen molar-refractivity contribution < 1.29 is 17.9 Å². The van der Waals surface area contributed by atoms with Crippen molar-refractivity contribution in [1.29, 1.82) is 0 Å². The van der Waals surface area contributed by atoms with Crippen molar-refractivity contribution in [3.05, 3.63) is 18.1 Å². The number of nitrogens with zero attached hydrogens (tertiary/aromatic N) is 2. The average Bonchev–Trinajstić information content (AvgIpc) is 2.26. The van der Waals surface area contributed by atoms with Crippen molar-refractivity contribution >= 4 is 0 Å². The molecule has 102 valence electrons. The van der Waals surface area contributed by atoms with Crippen LogP contribution in [0.4, 0.5) is 13.2 Å². The summed E-state index contributed by atoms with van der Waals surface area (Å²) in [6.45, 7) is 4.17. The molecule has 0 atom stereocenters. The Balaban J connectivity index is 2.38. The monoisotopic (exact) mass is 263 g/mol. The van der Waals surface area contributed by atoms with Gasteiger partial charge in [-0.1, -0.05) is 13.8 Å². The summed E-state index contributed by atoms with van der Waals surface area (Å²) in [5.41, 5.74) is 0.662. The molecule has 0 radical (unpaired) electrons. The fraction of sp³-hybridized carbons (Fsp3) is 0.636. The van der Waals surface area contributed by atoms with Crippen LogP contribution in [0.2, 0.25) is 0 Å². The van der Waals surface area contributed by atoms with Gasteiger partial charge in [-0.15, -0.1) is 0 Å². The van der Waals surface area contributed by atoms with Crippen LogP contribution in [0.25, 0.3) is 0 Å². The van der Waals surface area contributed by atoms with Crippen LogP contribution < -0.4 is 10.1 Å². The predicted molar refractivity (Wildman–Crippen MR) is 60.1 cm³/mol. The van der Waals surface area contributed by atoms with Crippen LogP contribution in [0, 0.1) is 5.92 Å². The van der Waals surface area contributed by atoms with Gasteiger partial charge in [0.15, 0.2) is 6.61 Å². The molecule has 1 rings (SSSR count). The van der Waals surface area contributed by atoms with Crippen LogP contribution in [-0.2, 0) is 6.54 Å². The first-order valence-electron chi connectivity index (χ1n) is 5.58. The number of ether oxygens (including phenoxy) is 1. The number of halogens is 3. The van der Waals surface area contributed by atoms with E-state index in [1.54, 1.807) is 0 Å². The van der Waals surface area contributed by atoms with Gasteiger partial charge in [0.2, 0.25) is 5.88 Å². The van der Waals surface area contributed by atoms with Crippen molar-refractivity contribution in [2.45, 2.75) is 26.6 Å². The SMILES string of the molecule is CC(C)CNCc1cnc(OCC(F)(F)F)cn1. The van der Waals surface area contributed by atoms with Crippen LogP contribution in [0.15, 0.2) is 12.4 Å². The van der Waals surface area contributed by atoms with Crippen molar-refractivity contribution in [2.75, 3.05) is 13.2 Å². The molecule has 1 heterocycles. The maximum absolute atomic E-state index is 11.9. The molecule has 7 heteroatoms. The molecule has 1 aromatic heterocycles. The molecule has 1 N–H and O–H groups in total. The highest BCUT2D eigenvalue weighted by Gasteiger charge is 2.28. The molecule has 0 aliphatic carbocycles. The summed E-state index contributed by atoms with van der Waals surface area (Å²) in [6.07, 6.45) is -1.77. The minimum absolute atomic E-state index is 0.125. The molecule has 0 fully saturated rings. The summed E-state index contributed by atoms with van der Waals surface area (Å²) < 4.78 is 40.1. The summed E-state index contributed by atoms with van der Waals surface area (Å²) >= 11 is 0. The Morgan fingerprint density at radius 3 is 2.50 bits per heavy atom. The molecule has 0 unspecified atom stereocenters. The fourth-order valence-corrected chi connectivity index (χ4v) is 1.15. The molecule has 0 aliphatic rings. The Labute approximate surface area is 104 Å². The molecular weight excluding hydrogens is 247 g/mol. The molecule has 0 saturated heterocycles. The molecule has 0 saturated carbocycles. The zero-order valence-corrected chi connectivity index (χ0v) is 10.3. The number of hydrogen-bond acceptors (Lipinski definition) is 4. The second-order valence-electron chi connectivity index (χ2n) is 4.27. The fourth-order valence-electron chi connectivity index (χ4n) is 1.15. The quantitative estimate of drug-likeness (QED) is 0.854. The Morgan fingerprint density at radius 1 is 1.28 bits per heavy atom. The van der Waals surface area contributed by atoms with Crippen molar-refractivity contribution in [2.24, 2.45) is 5.92 Å². The summed E-state index contributed by atoms with van der Waals surface area (Å²) in [5.74, 6) is 0.396. The van der Waals surface area contributed by atoms with Gasteiger partial charge in [-0.2, -0.15) is 13.2 Å². The summed E-state index contributed by atoms with van der Waals surface area (Å²) in [7, 11) is 0. The van der Waals surface area contributed by atoms with Crippen molar-refractivity contribution in [3.63, 3.8) is 0 Å². The summed E-state index contributed by atoms with van der Waals surface area (Å²) in [5, 5.41) is 3.15. The van der Waals surface area contributed by atoms with E-state index in [1.807, 2.05) is 0 Å². The molecule has 0 bridgehead atoms. The van der Waals surface area contributed by atoms with Gasteiger partial charge in [0.05, 0.1) is 18.1 Å². The van der Waals surface area contributed by atoms with Crippen molar-refractivity contribution in [1.82, 2.24) is 15.3 Å². The van der Waals surface area contributed by atoms with E-state index in [0.717, 1.165) is 6.54 Å². The minimum Gasteiger partial charge on any atom is -0.467 e. The topological polar surface area (TPSA) is 47.0 Å². The van der Waals surface area contributed by atoms with E-state index in [2.05, 4.69) is 33.9 Å². The van der Waals surface area contributed by atoms with Gasteiger partial charge in [-0.05, 0) is 12.5 Å². The molecule has 0 spiro atoms. The van der Waals surface area contributed by atoms with Gasteiger partial charge >= 0.3 is 6.18 Å². The van der Waals surface area contributed by atoms with Crippen LogP contribution in [0.3, 0.4) is 0 Å². The van der Waals surface area contributed by atoms with Crippen LogP contribution in [-0.4, -0.2) is 29.3 Å². The zero-order valence-electron chi connectivity index (χ0n) is 10.3. The number of hydrogen-bond donors (Lipinski definition) is 1. The smallest absolute Gasteiger partial charge is 0.422 e. The first kappa shape index (κ1) is 14.7. The number of alkyl halides is 3.